The zero-order valence-corrected chi connectivity index (χ0v) is 12.9. The fourth-order valence-corrected chi connectivity index (χ4v) is 3.23. The first-order chi connectivity index (χ1) is 8.78. The Kier molecular flexibility index (Phi) is 5.71. The predicted molar refractivity (Wildman–Crippen MR) is 81.9 cm³/mol. The van der Waals surface area contributed by atoms with Crippen LogP contribution in [-0.2, 0) is 6.42 Å². The Morgan fingerprint density at radius 3 is 2.72 bits per heavy atom. The average molecular weight is 310 g/mol. The summed E-state index contributed by atoms with van der Waals surface area (Å²) in [6.45, 7) is 3.42. The van der Waals surface area contributed by atoms with Gasteiger partial charge in [-0.05, 0) is 55.8 Å². The molecule has 0 amide bonds. The summed E-state index contributed by atoms with van der Waals surface area (Å²) in [6.07, 6.45) is 8.02. The lowest BCUT2D eigenvalue weighted by Gasteiger charge is -2.30. The summed E-state index contributed by atoms with van der Waals surface area (Å²) >= 11 is 3.50. The molecular weight excluding hydrogens is 286 g/mol. The van der Waals surface area contributed by atoms with Crippen molar-refractivity contribution in [1.82, 2.24) is 5.32 Å². The average Bonchev–Trinajstić information content (AvgIpc) is 2.40. The fourth-order valence-electron chi connectivity index (χ4n) is 2.96. The maximum absolute atomic E-state index is 3.69. The van der Waals surface area contributed by atoms with Crippen molar-refractivity contribution in [2.45, 2.75) is 51.5 Å². The minimum atomic E-state index is 0.763. The third kappa shape index (κ3) is 4.40. The molecule has 1 nitrogen and oxygen atoms in total. The highest BCUT2D eigenvalue weighted by atomic mass is 79.9. The van der Waals surface area contributed by atoms with Gasteiger partial charge in [0, 0.05) is 10.5 Å². The van der Waals surface area contributed by atoms with Crippen molar-refractivity contribution in [3.8, 4) is 0 Å². The lowest BCUT2D eigenvalue weighted by atomic mass is 9.82. The standard InChI is InChI=1S/C16H24BrN/c1-2-10-18-16-5-3-4-14(12-16)11-13-6-8-15(17)9-7-13/h6-9,14,16,18H,2-5,10-12H2,1H3. The Morgan fingerprint density at radius 2 is 2.00 bits per heavy atom. The van der Waals surface area contributed by atoms with Crippen LogP contribution in [0.2, 0.25) is 0 Å². The quantitative estimate of drug-likeness (QED) is 0.841. The minimum Gasteiger partial charge on any atom is -0.314 e. The van der Waals surface area contributed by atoms with Gasteiger partial charge in [0.2, 0.25) is 0 Å². The van der Waals surface area contributed by atoms with Crippen LogP contribution in [0.3, 0.4) is 0 Å². The Hall–Kier alpha value is -0.340. The van der Waals surface area contributed by atoms with E-state index in [4.69, 9.17) is 0 Å². The van der Waals surface area contributed by atoms with Gasteiger partial charge >= 0.3 is 0 Å². The summed E-state index contributed by atoms with van der Waals surface area (Å²) in [5.41, 5.74) is 1.49. The Morgan fingerprint density at radius 1 is 1.22 bits per heavy atom. The van der Waals surface area contributed by atoms with Crippen molar-refractivity contribution in [3.63, 3.8) is 0 Å². The molecule has 0 bridgehead atoms. The Balaban J connectivity index is 1.83. The first-order valence-electron chi connectivity index (χ1n) is 7.25. The van der Waals surface area contributed by atoms with E-state index in [-0.39, 0.29) is 0 Å². The van der Waals surface area contributed by atoms with Gasteiger partial charge in [0.25, 0.3) is 0 Å². The molecule has 0 heterocycles. The van der Waals surface area contributed by atoms with Crippen LogP contribution < -0.4 is 5.32 Å². The Bertz CT molecular complexity index is 347. The van der Waals surface area contributed by atoms with E-state index < -0.39 is 0 Å². The highest BCUT2D eigenvalue weighted by Gasteiger charge is 2.21. The van der Waals surface area contributed by atoms with Crippen molar-refractivity contribution in [3.05, 3.63) is 34.3 Å². The van der Waals surface area contributed by atoms with Crippen molar-refractivity contribution < 1.29 is 0 Å². The fraction of sp³-hybridized carbons (Fsp3) is 0.625. The first kappa shape index (κ1) is 14.1. The summed E-state index contributed by atoms with van der Waals surface area (Å²) < 4.78 is 1.18. The van der Waals surface area contributed by atoms with E-state index in [1.165, 1.54) is 55.1 Å². The largest absolute Gasteiger partial charge is 0.314 e. The molecule has 2 atom stereocenters. The summed E-state index contributed by atoms with van der Waals surface area (Å²) in [4.78, 5) is 0. The molecule has 18 heavy (non-hydrogen) atoms. The predicted octanol–water partition coefficient (Wildman–Crippen LogP) is 4.55. The van der Waals surface area contributed by atoms with E-state index in [1.807, 2.05) is 0 Å². The molecular formula is C16H24BrN. The molecule has 1 aliphatic carbocycles. The highest BCUT2D eigenvalue weighted by Crippen LogP contribution is 2.27. The zero-order valence-electron chi connectivity index (χ0n) is 11.3. The van der Waals surface area contributed by atoms with Crippen LogP contribution in [0.15, 0.2) is 28.7 Å². The van der Waals surface area contributed by atoms with Gasteiger partial charge in [0.1, 0.15) is 0 Å². The molecule has 1 N–H and O–H groups in total. The van der Waals surface area contributed by atoms with Crippen LogP contribution in [0.4, 0.5) is 0 Å². The van der Waals surface area contributed by atoms with Crippen molar-refractivity contribution in [2.75, 3.05) is 6.54 Å². The number of hydrogen-bond donors (Lipinski definition) is 1. The zero-order chi connectivity index (χ0) is 12.8. The number of halogens is 1. The van der Waals surface area contributed by atoms with Crippen LogP contribution in [0.5, 0.6) is 0 Å². The van der Waals surface area contributed by atoms with Crippen molar-refractivity contribution in [2.24, 2.45) is 5.92 Å². The summed E-state index contributed by atoms with van der Waals surface area (Å²) in [5, 5.41) is 3.69. The molecule has 0 aliphatic heterocycles. The molecule has 2 rings (SSSR count). The van der Waals surface area contributed by atoms with E-state index >= 15 is 0 Å². The van der Waals surface area contributed by atoms with Crippen LogP contribution in [-0.4, -0.2) is 12.6 Å². The highest BCUT2D eigenvalue weighted by molar-refractivity contribution is 9.10. The lowest BCUT2D eigenvalue weighted by Crippen LogP contribution is -2.35. The SMILES string of the molecule is CCCNC1CCCC(Cc2ccc(Br)cc2)C1. The van der Waals surface area contributed by atoms with Gasteiger partial charge in [-0.1, -0.05) is 47.8 Å². The van der Waals surface area contributed by atoms with Gasteiger partial charge in [-0.15, -0.1) is 0 Å². The maximum atomic E-state index is 3.69. The number of rotatable bonds is 5. The maximum Gasteiger partial charge on any atom is 0.0175 e. The van der Waals surface area contributed by atoms with Crippen LogP contribution in [0.1, 0.15) is 44.6 Å². The van der Waals surface area contributed by atoms with Crippen molar-refractivity contribution in [1.29, 1.82) is 0 Å². The molecule has 1 aliphatic rings. The second-order valence-corrected chi connectivity index (χ2v) is 6.43. The molecule has 1 aromatic carbocycles. The van der Waals surface area contributed by atoms with Gasteiger partial charge in [0.15, 0.2) is 0 Å². The number of hydrogen-bond acceptors (Lipinski definition) is 1. The summed E-state index contributed by atoms with van der Waals surface area (Å²) in [7, 11) is 0. The van der Waals surface area contributed by atoms with Gasteiger partial charge in [-0.2, -0.15) is 0 Å². The van der Waals surface area contributed by atoms with Crippen LogP contribution >= 0.6 is 15.9 Å². The molecule has 100 valence electrons. The van der Waals surface area contributed by atoms with Gasteiger partial charge in [-0.3, -0.25) is 0 Å². The minimum absolute atomic E-state index is 0.763. The van der Waals surface area contributed by atoms with Gasteiger partial charge < -0.3 is 5.32 Å². The molecule has 1 fully saturated rings. The van der Waals surface area contributed by atoms with Gasteiger partial charge in [0.05, 0.1) is 0 Å². The first-order valence-corrected chi connectivity index (χ1v) is 8.05. The van der Waals surface area contributed by atoms with E-state index in [1.54, 1.807) is 0 Å². The number of benzene rings is 1. The molecule has 0 saturated heterocycles. The smallest absolute Gasteiger partial charge is 0.0175 e. The van der Waals surface area contributed by atoms with E-state index in [9.17, 15) is 0 Å². The second kappa shape index (κ2) is 7.30. The lowest BCUT2D eigenvalue weighted by molar-refractivity contribution is 0.284. The molecule has 0 radical (unpaired) electrons. The normalized spacial score (nSPS) is 24.1. The topological polar surface area (TPSA) is 12.0 Å². The van der Waals surface area contributed by atoms with E-state index in [0.29, 0.717) is 0 Å². The monoisotopic (exact) mass is 309 g/mol. The third-order valence-electron chi connectivity index (χ3n) is 3.90. The molecule has 2 heteroatoms. The van der Waals surface area contributed by atoms with Gasteiger partial charge in [-0.25, -0.2) is 0 Å². The van der Waals surface area contributed by atoms with E-state index in [0.717, 1.165) is 12.0 Å². The molecule has 1 aromatic rings. The third-order valence-corrected chi connectivity index (χ3v) is 4.43. The molecule has 1 saturated carbocycles. The summed E-state index contributed by atoms with van der Waals surface area (Å²) in [6, 6.07) is 9.59. The van der Waals surface area contributed by atoms with Crippen LogP contribution in [0, 0.1) is 5.92 Å². The number of nitrogens with one attached hydrogen (secondary N) is 1. The van der Waals surface area contributed by atoms with E-state index in [2.05, 4.69) is 52.4 Å². The van der Waals surface area contributed by atoms with Crippen molar-refractivity contribution >= 4 is 15.9 Å². The molecule has 0 aromatic heterocycles. The second-order valence-electron chi connectivity index (χ2n) is 5.51. The summed E-state index contributed by atoms with van der Waals surface area (Å²) in [5.74, 6) is 0.870. The molecule has 0 spiro atoms. The Labute approximate surface area is 119 Å². The molecule has 2 unspecified atom stereocenters. The van der Waals surface area contributed by atoms with Crippen LogP contribution in [0.25, 0.3) is 0 Å².